The number of rotatable bonds is 6. The number of aromatic nitrogens is 1. The average Bonchev–Trinajstić information content (AvgIpc) is 3.03. The minimum atomic E-state index is -3.69. The molecule has 0 saturated heterocycles. The minimum Gasteiger partial charge on any atom is -0.465 e. The molecule has 8 heteroatoms. The van der Waals surface area contributed by atoms with Gasteiger partial charge >= 0.3 is 5.97 Å². The van der Waals surface area contributed by atoms with Crippen molar-refractivity contribution >= 4 is 38.5 Å². The summed E-state index contributed by atoms with van der Waals surface area (Å²) in [5.41, 5.74) is 0.779. The number of ether oxygens (including phenoxy) is 1. The Labute approximate surface area is 139 Å². The molecule has 2 aromatic rings. The van der Waals surface area contributed by atoms with Crippen molar-refractivity contribution in [3.8, 4) is 0 Å². The number of nitrogens with zero attached hydrogens (tertiary/aromatic N) is 2. The van der Waals surface area contributed by atoms with Crippen molar-refractivity contribution in [1.82, 2.24) is 4.98 Å². The molecule has 2 rings (SSSR count). The van der Waals surface area contributed by atoms with E-state index in [9.17, 15) is 13.2 Å². The topological polar surface area (TPSA) is 76.6 Å². The first-order chi connectivity index (χ1) is 11.0. The van der Waals surface area contributed by atoms with Crippen LogP contribution in [0.2, 0.25) is 0 Å². The standard InChI is InChI=1S/C15H16N2O4S2/c1-3-17(15-16-11-13(22-15)14(18)21-2)23(19,20)10-9-12-7-5-4-6-8-12/h4-11H,3H2,1-2H3/b10-9+. The lowest BCUT2D eigenvalue weighted by atomic mass is 10.2. The lowest BCUT2D eigenvalue weighted by molar-refractivity contribution is 0.0606. The molecule has 0 radical (unpaired) electrons. The van der Waals surface area contributed by atoms with Gasteiger partial charge in [0.15, 0.2) is 5.13 Å². The Morgan fingerprint density at radius 1 is 1.35 bits per heavy atom. The molecule has 122 valence electrons. The van der Waals surface area contributed by atoms with Crippen LogP contribution < -0.4 is 4.31 Å². The van der Waals surface area contributed by atoms with Gasteiger partial charge in [-0.1, -0.05) is 41.7 Å². The average molecular weight is 352 g/mol. The number of hydrogen-bond donors (Lipinski definition) is 0. The van der Waals surface area contributed by atoms with Gasteiger partial charge in [0, 0.05) is 6.54 Å². The predicted octanol–water partition coefficient (Wildman–Crippen LogP) is 2.76. The molecule has 0 unspecified atom stereocenters. The van der Waals surface area contributed by atoms with E-state index < -0.39 is 16.0 Å². The van der Waals surface area contributed by atoms with E-state index in [1.807, 2.05) is 18.2 Å². The number of thiazole rings is 1. The quantitative estimate of drug-likeness (QED) is 0.747. The fourth-order valence-electron chi connectivity index (χ4n) is 1.80. The molecule has 6 nitrogen and oxygen atoms in total. The van der Waals surface area contributed by atoms with Crippen LogP contribution in [-0.4, -0.2) is 33.0 Å². The van der Waals surface area contributed by atoms with Crippen LogP contribution in [-0.2, 0) is 14.8 Å². The first-order valence-electron chi connectivity index (χ1n) is 6.78. The highest BCUT2D eigenvalue weighted by Gasteiger charge is 2.22. The van der Waals surface area contributed by atoms with Crippen LogP contribution in [0.5, 0.6) is 0 Å². The highest BCUT2D eigenvalue weighted by Crippen LogP contribution is 2.26. The Morgan fingerprint density at radius 2 is 2.04 bits per heavy atom. The molecule has 23 heavy (non-hydrogen) atoms. The predicted molar refractivity (Wildman–Crippen MR) is 90.9 cm³/mol. The number of carbonyl (C=O) groups excluding carboxylic acids is 1. The summed E-state index contributed by atoms with van der Waals surface area (Å²) < 4.78 is 30.7. The highest BCUT2D eigenvalue weighted by molar-refractivity contribution is 7.95. The summed E-state index contributed by atoms with van der Waals surface area (Å²) in [5.74, 6) is -0.540. The first-order valence-corrected chi connectivity index (χ1v) is 9.10. The van der Waals surface area contributed by atoms with E-state index in [1.165, 1.54) is 19.4 Å². The van der Waals surface area contributed by atoms with E-state index in [0.717, 1.165) is 26.6 Å². The van der Waals surface area contributed by atoms with Crippen molar-refractivity contribution in [2.75, 3.05) is 18.0 Å². The third-order valence-electron chi connectivity index (χ3n) is 2.92. The fourth-order valence-corrected chi connectivity index (χ4v) is 4.13. The van der Waals surface area contributed by atoms with Crippen LogP contribution in [0.3, 0.4) is 0 Å². The fraction of sp³-hybridized carbons (Fsp3) is 0.200. The van der Waals surface area contributed by atoms with Gasteiger partial charge in [0.05, 0.1) is 18.7 Å². The van der Waals surface area contributed by atoms with E-state index in [0.29, 0.717) is 0 Å². The zero-order valence-electron chi connectivity index (χ0n) is 12.7. The molecule has 1 heterocycles. The van der Waals surface area contributed by atoms with Gasteiger partial charge in [0.2, 0.25) is 0 Å². The SMILES string of the molecule is CCN(c1ncc(C(=O)OC)s1)S(=O)(=O)/C=C/c1ccccc1. The molecular weight excluding hydrogens is 336 g/mol. The Balaban J connectivity index is 2.27. The van der Waals surface area contributed by atoms with Crippen LogP contribution in [0.15, 0.2) is 41.9 Å². The van der Waals surface area contributed by atoms with Crippen LogP contribution >= 0.6 is 11.3 Å². The zero-order chi connectivity index (χ0) is 16.9. The second-order valence-corrected chi connectivity index (χ2v) is 7.17. The zero-order valence-corrected chi connectivity index (χ0v) is 14.3. The molecule has 1 aromatic carbocycles. The lowest BCUT2D eigenvalue weighted by Crippen LogP contribution is -2.28. The highest BCUT2D eigenvalue weighted by atomic mass is 32.2. The molecule has 0 spiro atoms. The molecule has 1 aromatic heterocycles. The monoisotopic (exact) mass is 352 g/mol. The van der Waals surface area contributed by atoms with Gasteiger partial charge in [-0.25, -0.2) is 22.5 Å². The molecule has 0 bridgehead atoms. The number of carbonyl (C=O) groups is 1. The Kier molecular flexibility index (Phi) is 5.51. The second kappa shape index (κ2) is 7.38. The maximum atomic E-state index is 12.5. The van der Waals surface area contributed by atoms with Gasteiger partial charge in [-0.3, -0.25) is 0 Å². The Hall–Kier alpha value is -2.19. The van der Waals surface area contributed by atoms with Crippen LogP contribution in [0.25, 0.3) is 6.08 Å². The largest absolute Gasteiger partial charge is 0.465 e. The molecule has 0 aliphatic rings. The number of methoxy groups -OCH3 is 1. The summed E-state index contributed by atoms with van der Waals surface area (Å²) >= 11 is 0.974. The summed E-state index contributed by atoms with van der Waals surface area (Å²) in [7, 11) is -2.43. The van der Waals surface area contributed by atoms with Crippen LogP contribution in [0.4, 0.5) is 5.13 Å². The summed E-state index contributed by atoms with van der Waals surface area (Å²) in [4.78, 5) is 15.7. The first kappa shape index (κ1) is 17.2. The molecule has 0 amide bonds. The second-order valence-electron chi connectivity index (χ2n) is 4.42. The van der Waals surface area contributed by atoms with Crippen LogP contribution in [0, 0.1) is 0 Å². The smallest absolute Gasteiger partial charge is 0.349 e. The van der Waals surface area contributed by atoms with Crippen molar-refractivity contribution in [3.63, 3.8) is 0 Å². The Bertz CT molecular complexity index is 798. The molecule has 0 N–H and O–H groups in total. The third-order valence-corrected chi connectivity index (χ3v) is 5.56. The molecular formula is C15H16N2O4S2. The number of sulfonamides is 1. The minimum absolute atomic E-state index is 0.204. The van der Waals surface area contributed by atoms with E-state index >= 15 is 0 Å². The molecule has 0 saturated carbocycles. The van der Waals surface area contributed by atoms with Crippen molar-refractivity contribution in [1.29, 1.82) is 0 Å². The molecule has 0 aliphatic carbocycles. The van der Waals surface area contributed by atoms with Gasteiger partial charge in [0.25, 0.3) is 10.0 Å². The maximum Gasteiger partial charge on any atom is 0.349 e. The summed E-state index contributed by atoms with van der Waals surface area (Å²) in [6, 6.07) is 9.12. The molecule has 0 fully saturated rings. The Morgan fingerprint density at radius 3 is 2.65 bits per heavy atom. The normalized spacial score (nSPS) is 11.6. The van der Waals surface area contributed by atoms with Gasteiger partial charge < -0.3 is 4.74 Å². The van der Waals surface area contributed by atoms with Gasteiger partial charge in [-0.05, 0) is 18.6 Å². The van der Waals surface area contributed by atoms with Crippen molar-refractivity contribution < 1.29 is 17.9 Å². The summed E-state index contributed by atoms with van der Waals surface area (Å²) in [6.45, 7) is 1.91. The van der Waals surface area contributed by atoms with Crippen molar-refractivity contribution in [2.24, 2.45) is 0 Å². The van der Waals surface area contributed by atoms with Gasteiger partial charge in [-0.2, -0.15) is 0 Å². The van der Waals surface area contributed by atoms with Gasteiger partial charge in [0.1, 0.15) is 4.88 Å². The van der Waals surface area contributed by atoms with E-state index in [-0.39, 0.29) is 16.6 Å². The lowest BCUT2D eigenvalue weighted by Gasteiger charge is -2.17. The van der Waals surface area contributed by atoms with Crippen LogP contribution in [0.1, 0.15) is 22.2 Å². The number of esters is 1. The number of benzene rings is 1. The third kappa shape index (κ3) is 4.17. The maximum absolute atomic E-state index is 12.5. The number of hydrogen-bond acceptors (Lipinski definition) is 6. The van der Waals surface area contributed by atoms with Crippen molar-refractivity contribution in [2.45, 2.75) is 6.92 Å². The van der Waals surface area contributed by atoms with E-state index in [1.54, 1.807) is 19.1 Å². The van der Waals surface area contributed by atoms with Gasteiger partial charge in [-0.15, -0.1) is 0 Å². The summed E-state index contributed by atoms with van der Waals surface area (Å²) in [6.07, 6.45) is 2.83. The van der Waals surface area contributed by atoms with E-state index in [4.69, 9.17) is 0 Å². The van der Waals surface area contributed by atoms with E-state index in [2.05, 4.69) is 9.72 Å². The van der Waals surface area contributed by atoms with Crippen molar-refractivity contribution in [3.05, 3.63) is 52.4 Å². The molecule has 0 aliphatic heterocycles. The molecule has 0 atom stereocenters. The number of anilines is 1. The summed E-state index contributed by atoms with van der Waals surface area (Å²) in [5, 5.41) is 1.36.